The quantitative estimate of drug-likeness (QED) is 0.742. The van der Waals surface area contributed by atoms with Crippen LogP contribution < -0.4 is 0 Å². The van der Waals surface area contributed by atoms with E-state index in [9.17, 15) is 13.2 Å². The van der Waals surface area contributed by atoms with Crippen LogP contribution in [0, 0.1) is 11.3 Å². The second-order valence-electron chi connectivity index (χ2n) is 3.70. The van der Waals surface area contributed by atoms with Gasteiger partial charge in [-0.15, -0.1) is 0 Å². The molecule has 0 saturated carbocycles. The standard InChI is InChI=1S/C12H11F3N2/c1-17(2)8-10(7-16)9-4-3-5-11(6-9)12(13,14)15/h3-6,8H,1-2H3. The van der Waals surface area contributed by atoms with Gasteiger partial charge < -0.3 is 4.90 Å². The van der Waals surface area contributed by atoms with Crippen molar-refractivity contribution in [2.24, 2.45) is 0 Å². The Morgan fingerprint density at radius 3 is 2.47 bits per heavy atom. The minimum absolute atomic E-state index is 0.195. The van der Waals surface area contributed by atoms with Crippen molar-refractivity contribution in [3.8, 4) is 6.07 Å². The van der Waals surface area contributed by atoms with Crippen LogP contribution in [0.25, 0.3) is 5.57 Å². The van der Waals surface area contributed by atoms with Crippen molar-refractivity contribution < 1.29 is 13.2 Å². The summed E-state index contributed by atoms with van der Waals surface area (Å²) in [5.41, 5.74) is -0.299. The average molecular weight is 240 g/mol. The lowest BCUT2D eigenvalue weighted by atomic mass is 10.0. The average Bonchev–Trinajstić information content (AvgIpc) is 2.24. The molecule has 0 bridgehead atoms. The molecule has 1 aromatic carbocycles. The lowest BCUT2D eigenvalue weighted by molar-refractivity contribution is -0.137. The number of allylic oxidation sites excluding steroid dienone is 1. The molecular weight excluding hydrogens is 229 g/mol. The monoisotopic (exact) mass is 240 g/mol. The Labute approximate surface area is 97.6 Å². The minimum atomic E-state index is -4.39. The van der Waals surface area contributed by atoms with E-state index in [2.05, 4.69) is 0 Å². The van der Waals surface area contributed by atoms with E-state index in [0.29, 0.717) is 0 Å². The van der Waals surface area contributed by atoms with Crippen molar-refractivity contribution in [1.82, 2.24) is 4.90 Å². The number of hydrogen-bond acceptors (Lipinski definition) is 2. The van der Waals surface area contributed by atoms with E-state index in [4.69, 9.17) is 5.26 Å². The topological polar surface area (TPSA) is 27.0 Å². The molecule has 0 N–H and O–H groups in total. The van der Waals surface area contributed by atoms with Gasteiger partial charge in [0.2, 0.25) is 0 Å². The molecule has 0 aliphatic heterocycles. The highest BCUT2D eigenvalue weighted by molar-refractivity contribution is 5.76. The molecule has 0 unspecified atom stereocenters. The predicted octanol–water partition coefficient (Wildman–Crippen LogP) is 3.13. The molecule has 0 aromatic heterocycles. The maximum Gasteiger partial charge on any atom is 0.416 e. The number of rotatable bonds is 2. The van der Waals surface area contributed by atoms with Gasteiger partial charge in [-0.25, -0.2) is 0 Å². The van der Waals surface area contributed by atoms with Crippen LogP contribution in [-0.2, 0) is 6.18 Å². The summed E-state index contributed by atoms with van der Waals surface area (Å²) >= 11 is 0. The van der Waals surface area contributed by atoms with Crippen molar-refractivity contribution in [2.45, 2.75) is 6.18 Å². The highest BCUT2D eigenvalue weighted by Crippen LogP contribution is 2.30. The van der Waals surface area contributed by atoms with Crippen molar-refractivity contribution in [1.29, 1.82) is 5.26 Å². The molecule has 0 radical (unpaired) electrons. The first-order valence-corrected chi connectivity index (χ1v) is 4.80. The Bertz CT molecular complexity index is 467. The van der Waals surface area contributed by atoms with Gasteiger partial charge in [-0.1, -0.05) is 12.1 Å². The molecule has 0 aliphatic rings. The smallest absolute Gasteiger partial charge is 0.382 e. The molecule has 2 nitrogen and oxygen atoms in total. The fourth-order valence-corrected chi connectivity index (χ4v) is 1.29. The largest absolute Gasteiger partial charge is 0.416 e. The van der Waals surface area contributed by atoms with Crippen LogP contribution >= 0.6 is 0 Å². The van der Waals surface area contributed by atoms with Gasteiger partial charge in [0.15, 0.2) is 0 Å². The lowest BCUT2D eigenvalue weighted by Gasteiger charge is -2.10. The Balaban J connectivity index is 3.20. The van der Waals surface area contributed by atoms with E-state index in [0.717, 1.165) is 12.1 Å². The first-order valence-electron chi connectivity index (χ1n) is 4.80. The Morgan fingerprint density at radius 2 is 2.00 bits per heavy atom. The maximum atomic E-state index is 12.5. The van der Waals surface area contributed by atoms with Gasteiger partial charge in [-0.05, 0) is 17.7 Å². The number of alkyl halides is 3. The molecule has 1 rings (SSSR count). The molecule has 17 heavy (non-hydrogen) atoms. The van der Waals surface area contributed by atoms with E-state index in [1.54, 1.807) is 19.0 Å². The highest BCUT2D eigenvalue weighted by atomic mass is 19.4. The first kappa shape index (κ1) is 13.1. The summed E-state index contributed by atoms with van der Waals surface area (Å²) in [4.78, 5) is 1.61. The second kappa shape index (κ2) is 4.91. The summed E-state index contributed by atoms with van der Waals surface area (Å²) in [6.45, 7) is 0. The zero-order chi connectivity index (χ0) is 13.1. The van der Waals surface area contributed by atoms with Crippen molar-refractivity contribution in [3.05, 3.63) is 41.6 Å². The van der Waals surface area contributed by atoms with E-state index >= 15 is 0 Å². The summed E-state index contributed by atoms with van der Waals surface area (Å²) in [5.74, 6) is 0. The fraction of sp³-hybridized carbons (Fsp3) is 0.250. The van der Waals surface area contributed by atoms with Crippen LogP contribution in [0.4, 0.5) is 13.2 Å². The van der Waals surface area contributed by atoms with Crippen LogP contribution in [0.1, 0.15) is 11.1 Å². The highest BCUT2D eigenvalue weighted by Gasteiger charge is 2.30. The third-order valence-electron chi connectivity index (χ3n) is 2.01. The van der Waals surface area contributed by atoms with Gasteiger partial charge in [-0.2, -0.15) is 18.4 Å². The zero-order valence-corrected chi connectivity index (χ0v) is 9.42. The zero-order valence-electron chi connectivity index (χ0n) is 9.42. The molecule has 0 fully saturated rings. The third kappa shape index (κ3) is 3.52. The molecule has 1 aromatic rings. The number of hydrogen-bond donors (Lipinski definition) is 0. The van der Waals surface area contributed by atoms with Gasteiger partial charge >= 0.3 is 6.18 Å². The van der Waals surface area contributed by atoms with Crippen LogP contribution in [0.2, 0.25) is 0 Å². The number of nitrogens with zero attached hydrogens (tertiary/aromatic N) is 2. The molecule has 0 spiro atoms. The Hall–Kier alpha value is -1.96. The van der Waals surface area contributed by atoms with Crippen LogP contribution in [0.15, 0.2) is 30.5 Å². The number of benzene rings is 1. The second-order valence-corrected chi connectivity index (χ2v) is 3.70. The summed E-state index contributed by atoms with van der Waals surface area (Å²) in [5, 5.41) is 8.90. The maximum absolute atomic E-state index is 12.5. The van der Waals surface area contributed by atoms with Gasteiger partial charge in [0.25, 0.3) is 0 Å². The van der Waals surface area contributed by atoms with Gasteiger partial charge in [0.05, 0.1) is 11.1 Å². The van der Waals surface area contributed by atoms with E-state index < -0.39 is 11.7 Å². The van der Waals surface area contributed by atoms with Crippen molar-refractivity contribution in [2.75, 3.05) is 14.1 Å². The Morgan fingerprint density at radius 1 is 1.35 bits per heavy atom. The first-order chi connectivity index (χ1) is 7.84. The number of halogens is 3. The van der Waals surface area contributed by atoms with E-state index in [-0.39, 0.29) is 11.1 Å². The number of nitriles is 1. The third-order valence-corrected chi connectivity index (χ3v) is 2.01. The minimum Gasteiger partial charge on any atom is -0.382 e. The molecular formula is C12H11F3N2. The summed E-state index contributed by atoms with van der Waals surface area (Å²) < 4.78 is 37.5. The molecule has 0 heterocycles. The molecule has 0 saturated heterocycles. The van der Waals surface area contributed by atoms with Gasteiger partial charge in [0.1, 0.15) is 6.07 Å². The molecule has 5 heteroatoms. The van der Waals surface area contributed by atoms with Gasteiger partial charge in [0, 0.05) is 20.3 Å². The van der Waals surface area contributed by atoms with Gasteiger partial charge in [-0.3, -0.25) is 0 Å². The summed E-state index contributed by atoms with van der Waals surface area (Å²) in [6.07, 6.45) is -2.91. The predicted molar refractivity (Wildman–Crippen MR) is 58.7 cm³/mol. The van der Waals surface area contributed by atoms with E-state index in [1.165, 1.54) is 18.3 Å². The lowest BCUT2D eigenvalue weighted by Crippen LogP contribution is -2.06. The molecule has 90 valence electrons. The summed E-state index contributed by atoms with van der Waals surface area (Å²) in [7, 11) is 3.40. The molecule has 0 aliphatic carbocycles. The van der Waals surface area contributed by atoms with Crippen LogP contribution in [0.5, 0.6) is 0 Å². The molecule has 0 amide bonds. The van der Waals surface area contributed by atoms with Crippen molar-refractivity contribution >= 4 is 5.57 Å². The van der Waals surface area contributed by atoms with Crippen LogP contribution in [-0.4, -0.2) is 19.0 Å². The van der Waals surface area contributed by atoms with Crippen molar-refractivity contribution in [3.63, 3.8) is 0 Å². The SMILES string of the molecule is CN(C)C=C(C#N)c1cccc(C(F)(F)F)c1. The normalized spacial score (nSPS) is 12.1. The fourth-order valence-electron chi connectivity index (χ4n) is 1.29. The molecule has 0 atom stereocenters. The van der Waals surface area contributed by atoms with Crippen LogP contribution in [0.3, 0.4) is 0 Å². The Kier molecular flexibility index (Phi) is 3.79. The summed E-state index contributed by atoms with van der Waals surface area (Å²) in [6, 6.07) is 6.60. The van der Waals surface area contributed by atoms with E-state index in [1.807, 2.05) is 6.07 Å².